The lowest BCUT2D eigenvalue weighted by Crippen LogP contribution is -2.29. The third-order valence-corrected chi connectivity index (χ3v) is 4.08. The van der Waals surface area contributed by atoms with Crippen molar-refractivity contribution in [3.05, 3.63) is 46.6 Å². The molecule has 1 N–H and O–H groups in total. The molecule has 0 saturated carbocycles. The van der Waals surface area contributed by atoms with Gasteiger partial charge in [0.1, 0.15) is 11.9 Å². The second kappa shape index (κ2) is 4.88. The Morgan fingerprint density at radius 1 is 1.50 bits per heavy atom. The Bertz CT molecular complexity index is 632. The molecule has 0 amide bonds. The van der Waals surface area contributed by atoms with Gasteiger partial charge in [0.15, 0.2) is 9.84 Å². The van der Waals surface area contributed by atoms with Crippen molar-refractivity contribution in [2.75, 3.05) is 5.75 Å². The van der Waals surface area contributed by atoms with Gasteiger partial charge < -0.3 is 5.32 Å². The van der Waals surface area contributed by atoms with Crippen molar-refractivity contribution in [3.63, 3.8) is 0 Å². The molecule has 0 fully saturated rings. The maximum Gasteiger partial charge on any atom is 0.173 e. The summed E-state index contributed by atoms with van der Waals surface area (Å²) in [6, 6.07) is 6.02. The van der Waals surface area contributed by atoms with Crippen molar-refractivity contribution >= 4 is 9.84 Å². The van der Waals surface area contributed by atoms with Gasteiger partial charge in [0.25, 0.3) is 0 Å². The molecular formula is C12H11FN2O2S. The summed E-state index contributed by atoms with van der Waals surface area (Å²) in [6.07, 6.45) is 1.54. The quantitative estimate of drug-likeness (QED) is 0.889. The summed E-state index contributed by atoms with van der Waals surface area (Å²) in [5, 5.41) is 12.8. The van der Waals surface area contributed by atoms with Crippen LogP contribution in [0.3, 0.4) is 0 Å². The number of hydrogen-bond acceptors (Lipinski definition) is 4. The highest BCUT2D eigenvalue weighted by molar-refractivity contribution is 7.94. The highest BCUT2D eigenvalue weighted by Gasteiger charge is 2.21. The van der Waals surface area contributed by atoms with Crippen LogP contribution < -0.4 is 5.32 Å². The van der Waals surface area contributed by atoms with E-state index in [2.05, 4.69) is 5.32 Å². The normalized spacial score (nSPS) is 20.8. The number of hydrogen-bond donors (Lipinski definition) is 1. The second-order valence-electron chi connectivity index (χ2n) is 4.04. The Hall–Kier alpha value is -1.71. The highest BCUT2D eigenvalue weighted by Crippen LogP contribution is 2.13. The fourth-order valence-electron chi connectivity index (χ4n) is 1.75. The van der Waals surface area contributed by atoms with Crippen molar-refractivity contribution in [2.45, 2.75) is 12.6 Å². The first kappa shape index (κ1) is 12.7. The molecule has 6 heteroatoms. The average Bonchev–Trinajstić information content (AvgIpc) is 2.68. The monoisotopic (exact) mass is 266 g/mol. The summed E-state index contributed by atoms with van der Waals surface area (Å²) >= 11 is 0. The van der Waals surface area contributed by atoms with E-state index < -0.39 is 15.7 Å². The van der Waals surface area contributed by atoms with E-state index in [0.717, 1.165) is 5.41 Å². The molecule has 1 heterocycles. The van der Waals surface area contributed by atoms with Crippen LogP contribution in [-0.4, -0.2) is 20.2 Å². The average molecular weight is 266 g/mol. The predicted octanol–water partition coefficient (Wildman–Crippen LogP) is 1.10. The number of sulfone groups is 1. The molecule has 1 aromatic rings. The molecule has 2 rings (SSSR count). The molecule has 1 aliphatic rings. The fraction of sp³-hybridized carbons (Fsp3) is 0.250. The minimum absolute atomic E-state index is 0.00738. The molecule has 0 spiro atoms. The molecule has 0 aliphatic carbocycles. The molecule has 18 heavy (non-hydrogen) atoms. The summed E-state index contributed by atoms with van der Waals surface area (Å²) in [7, 11) is -3.11. The molecule has 1 unspecified atom stereocenters. The van der Waals surface area contributed by atoms with Crippen LogP contribution in [0.15, 0.2) is 29.7 Å². The molecule has 1 aromatic carbocycles. The summed E-state index contributed by atoms with van der Waals surface area (Å²) < 4.78 is 36.1. The summed E-state index contributed by atoms with van der Waals surface area (Å²) in [6.45, 7) is 0.186. The third-order valence-electron chi connectivity index (χ3n) is 2.68. The van der Waals surface area contributed by atoms with Crippen LogP contribution in [0.5, 0.6) is 0 Å². The zero-order chi connectivity index (χ0) is 13.2. The Morgan fingerprint density at radius 2 is 2.28 bits per heavy atom. The van der Waals surface area contributed by atoms with Crippen LogP contribution in [0, 0.1) is 17.1 Å². The van der Waals surface area contributed by atoms with Crippen molar-refractivity contribution in [3.8, 4) is 6.07 Å². The van der Waals surface area contributed by atoms with Crippen LogP contribution in [0.4, 0.5) is 4.39 Å². The number of nitriles is 1. The van der Waals surface area contributed by atoms with E-state index >= 15 is 0 Å². The van der Waals surface area contributed by atoms with E-state index in [9.17, 15) is 12.8 Å². The van der Waals surface area contributed by atoms with Gasteiger partial charge in [0.2, 0.25) is 0 Å². The van der Waals surface area contributed by atoms with Crippen molar-refractivity contribution < 1.29 is 12.8 Å². The van der Waals surface area contributed by atoms with Crippen LogP contribution in [0.25, 0.3) is 0 Å². The summed E-state index contributed by atoms with van der Waals surface area (Å²) in [5.41, 5.74) is 0.343. The van der Waals surface area contributed by atoms with Gasteiger partial charge in [-0.05, 0) is 6.07 Å². The molecule has 1 aliphatic heterocycles. The summed E-state index contributed by atoms with van der Waals surface area (Å²) in [5.74, 6) is -0.565. The molecule has 94 valence electrons. The Morgan fingerprint density at radius 3 is 2.89 bits per heavy atom. The van der Waals surface area contributed by atoms with Crippen LogP contribution >= 0.6 is 0 Å². The van der Waals surface area contributed by atoms with Crippen molar-refractivity contribution in [1.82, 2.24) is 5.32 Å². The largest absolute Gasteiger partial charge is 0.305 e. The number of nitrogens with one attached hydrogen (secondary N) is 1. The first-order chi connectivity index (χ1) is 8.52. The highest BCUT2D eigenvalue weighted by atomic mass is 32.2. The first-order valence-corrected chi connectivity index (χ1v) is 7.05. The van der Waals surface area contributed by atoms with Gasteiger partial charge in [0.05, 0.1) is 11.3 Å². The van der Waals surface area contributed by atoms with Crippen LogP contribution in [0.1, 0.15) is 11.1 Å². The lowest BCUT2D eigenvalue weighted by Gasteiger charge is -2.10. The van der Waals surface area contributed by atoms with E-state index in [1.54, 1.807) is 24.3 Å². The molecule has 0 saturated heterocycles. The van der Waals surface area contributed by atoms with Gasteiger partial charge in [-0.3, -0.25) is 0 Å². The van der Waals surface area contributed by atoms with E-state index in [1.807, 2.05) is 0 Å². The van der Waals surface area contributed by atoms with Gasteiger partial charge in [-0.1, -0.05) is 18.2 Å². The maximum atomic E-state index is 13.7. The first-order valence-electron chi connectivity index (χ1n) is 5.34. The number of rotatable bonds is 3. The van der Waals surface area contributed by atoms with Crippen molar-refractivity contribution in [2.24, 2.45) is 0 Å². The number of halogens is 1. The molecule has 0 radical (unpaired) electrons. The molecule has 1 atom stereocenters. The lowest BCUT2D eigenvalue weighted by atomic mass is 10.1. The van der Waals surface area contributed by atoms with Gasteiger partial charge in [-0.15, -0.1) is 0 Å². The summed E-state index contributed by atoms with van der Waals surface area (Å²) in [4.78, 5) is 0. The molecule has 4 nitrogen and oxygen atoms in total. The van der Waals surface area contributed by atoms with Crippen LogP contribution in [0.2, 0.25) is 0 Å². The molecule has 0 aromatic heterocycles. The Balaban J connectivity index is 2.04. The van der Waals surface area contributed by atoms with Gasteiger partial charge in [0, 0.05) is 23.6 Å². The molecular weight excluding hydrogens is 255 g/mol. The Kier molecular flexibility index (Phi) is 3.45. The third kappa shape index (κ3) is 2.75. The van der Waals surface area contributed by atoms with Gasteiger partial charge in [-0.25, -0.2) is 12.8 Å². The molecule has 0 bridgehead atoms. The maximum absolute atomic E-state index is 13.7. The lowest BCUT2D eigenvalue weighted by molar-refractivity contribution is 0.566. The zero-order valence-electron chi connectivity index (χ0n) is 9.43. The second-order valence-corrected chi connectivity index (χ2v) is 5.97. The SMILES string of the molecule is N#Cc1cccc(CNC2C=CS(=O)(=O)C2)c1F. The van der Waals surface area contributed by atoms with E-state index in [1.165, 1.54) is 6.07 Å². The smallest absolute Gasteiger partial charge is 0.173 e. The fourth-order valence-corrected chi connectivity index (χ4v) is 3.02. The Labute approximate surface area is 105 Å². The van der Waals surface area contributed by atoms with E-state index in [4.69, 9.17) is 5.26 Å². The predicted molar refractivity (Wildman–Crippen MR) is 64.7 cm³/mol. The number of benzene rings is 1. The minimum atomic E-state index is -3.11. The van der Waals surface area contributed by atoms with Gasteiger partial charge in [-0.2, -0.15) is 5.26 Å². The minimum Gasteiger partial charge on any atom is -0.305 e. The van der Waals surface area contributed by atoms with E-state index in [0.29, 0.717) is 5.56 Å². The van der Waals surface area contributed by atoms with E-state index in [-0.39, 0.29) is 23.9 Å². The zero-order valence-corrected chi connectivity index (χ0v) is 10.2. The van der Waals surface area contributed by atoms with Crippen LogP contribution in [-0.2, 0) is 16.4 Å². The number of nitrogens with zero attached hydrogens (tertiary/aromatic N) is 1. The van der Waals surface area contributed by atoms with Crippen molar-refractivity contribution in [1.29, 1.82) is 5.26 Å². The van der Waals surface area contributed by atoms with Gasteiger partial charge >= 0.3 is 0 Å². The standard InChI is InChI=1S/C12H11FN2O2S/c13-12-9(6-14)2-1-3-10(12)7-15-11-4-5-18(16,17)8-11/h1-5,11,15H,7-8H2. The topological polar surface area (TPSA) is 70.0 Å².